The Morgan fingerprint density at radius 3 is 2.39 bits per heavy atom. The van der Waals surface area contributed by atoms with Crippen molar-refractivity contribution in [3.05, 3.63) is 26.8 Å². The number of carbonyl (C=O) groups is 2. The van der Waals surface area contributed by atoms with Crippen LogP contribution in [0.1, 0.15) is 17.5 Å². The Balaban J connectivity index is 2.33. The predicted molar refractivity (Wildman–Crippen MR) is 80.0 cm³/mol. The van der Waals surface area contributed by atoms with Crippen LogP contribution >= 0.6 is 34.2 Å². The summed E-state index contributed by atoms with van der Waals surface area (Å²) in [6.45, 7) is 4.42. The molecule has 0 aliphatic carbocycles. The van der Waals surface area contributed by atoms with Crippen molar-refractivity contribution >= 4 is 51.0 Å². The Labute approximate surface area is 125 Å². The molecular formula is C13H13ClINO2. The number of hydrogen-bond donors (Lipinski definition) is 0. The van der Waals surface area contributed by atoms with E-state index in [1.165, 1.54) is 3.57 Å². The number of amides is 1. The highest BCUT2D eigenvalue weighted by atomic mass is 127. The number of hydrogen-bond acceptors (Lipinski definition) is 2. The summed E-state index contributed by atoms with van der Waals surface area (Å²) in [5.74, 6) is -0.409. The van der Waals surface area contributed by atoms with E-state index in [1.54, 1.807) is 4.90 Å². The van der Waals surface area contributed by atoms with E-state index in [2.05, 4.69) is 22.6 Å². The highest BCUT2D eigenvalue weighted by Gasteiger charge is 2.34. The van der Waals surface area contributed by atoms with Crippen LogP contribution in [0.25, 0.3) is 0 Å². The molecule has 18 heavy (non-hydrogen) atoms. The van der Waals surface area contributed by atoms with Gasteiger partial charge in [-0.1, -0.05) is 0 Å². The Bertz CT molecular complexity index is 507. The van der Waals surface area contributed by atoms with Crippen molar-refractivity contribution in [2.75, 3.05) is 11.4 Å². The first-order valence-corrected chi connectivity index (χ1v) is 7.12. The van der Waals surface area contributed by atoms with Crippen molar-refractivity contribution in [3.8, 4) is 0 Å². The molecule has 1 saturated heterocycles. The number of anilines is 1. The Kier molecular flexibility index (Phi) is 3.96. The van der Waals surface area contributed by atoms with Gasteiger partial charge in [-0.05, 0) is 71.3 Å². The third-order valence-electron chi connectivity index (χ3n) is 3.18. The zero-order valence-electron chi connectivity index (χ0n) is 10.2. The van der Waals surface area contributed by atoms with Crippen LogP contribution < -0.4 is 4.90 Å². The van der Waals surface area contributed by atoms with Crippen molar-refractivity contribution in [1.29, 1.82) is 0 Å². The van der Waals surface area contributed by atoms with E-state index >= 15 is 0 Å². The lowest BCUT2D eigenvalue weighted by atomic mass is 10.1. The highest BCUT2D eigenvalue weighted by molar-refractivity contribution is 14.1. The SMILES string of the molecule is Cc1cc(N2CC(C(=O)Cl)CC2=O)cc(C)c1I. The maximum Gasteiger partial charge on any atom is 0.227 e. The van der Waals surface area contributed by atoms with Crippen LogP contribution in [0.15, 0.2) is 12.1 Å². The fourth-order valence-electron chi connectivity index (χ4n) is 2.19. The second kappa shape index (κ2) is 5.17. The Morgan fingerprint density at radius 1 is 1.39 bits per heavy atom. The topological polar surface area (TPSA) is 37.4 Å². The minimum absolute atomic E-state index is 0.0333. The van der Waals surface area contributed by atoms with Crippen molar-refractivity contribution in [2.45, 2.75) is 20.3 Å². The lowest BCUT2D eigenvalue weighted by Gasteiger charge is -2.18. The van der Waals surface area contributed by atoms with Gasteiger partial charge in [-0.25, -0.2) is 0 Å². The Hall–Kier alpha value is -0.620. The summed E-state index contributed by atoms with van der Waals surface area (Å²) < 4.78 is 1.20. The fraction of sp³-hybridized carbons (Fsp3) is 0.385. The molecule has 0 aromatic heterocycles. The number of benzene rings is 1. The molecule has 2 rings (SSSR count). The lowest BCUT2D eigenvalue weighted by Crippen LogP contribution is -2.25. The van der Waals surface area contributed by atoms with Gasteiger partial charge in [0.15, 0.2) is 0 Å². The molecule has 1 unspecified atom stereocenters. The van der Waals surface area contributed by atoms with Gasteiger partial charge in [-0.3, -0.25) is 9.59 Å². The first-order valence-electron chi connectivity index (χ1n) is 5.66. The molecular weight excluding hydrogens is 365 g/mol. The minimum atomic E-state index is -0.426. The van der Waals surface area contributed by atoms with Crippen molar-refractivity contribution in [3.63, 3.8) is 0 Å². The average Bonchev–Trinajstić information content (AvgIpc) is 2.68. The van der Waals surface area contributed by atoms with Gasteiger partial charge in [0.2, 0.25) is 11.1 Å². The van der Waals surface area contributed by atoms with E-state index in [0.717, 1.165) is 16.8 Å². The zero-order chi connectivity index (χ0) is 13.4. The van der Waals surface area contributed by atoms with E-state index in [0.29, 0.717) is 6.54 Å². The second-order valence-electron chi connectivity index (χ2n) is 4.60. The van der Waals surface area contributed by atoms with E-state index < -0.39 is 5.24 Å². The molecule has 1 heterocycles. The molecule has 0 bridgehead atoms. The van der Waals surface area contributed by atoms with Gasteiger partial charge < -0.3 is 4.90 Å². The largest absolute Gasteiger partial charge is 0.312 e. The maximum absolute atomic E-state index is 11.9. The number of carbonyl (C=O) groups excluding carboxylic acids is 2. The molecule has 1 aromatic carbocycles. The quantitative estimate of drug-likeness (QED) is 0.587. The Morgan fingerprint density at radius 2 is 1.94 bits per heavy atom. The maximum atomic E-state index is 11.9. The zero-order valence-corrected chi connectivity index (χ0v) is 13.1. The smallest absolute Gasteiger partial charge is 0.227 e. The summed E-state index contributed by atoms with van der Waals surface area (Å²) in [4.78, 5) is 24.7. The monoisotopic (exact) mass is 377 g/mol. The third-order valence-corrected chi connectivity index (χ3v) is 5.19. The molecule has 5 heteroatoms. The summed E-state index contributed by atoms with van der Waals surface area (Å²) in [5, 5.41) is -0.426. The highest BCUT2D eigenvalue weighted by Crippen LogP contribution is 2.30. The molecule has 0 spiro atoms. The van der Waals surface area contributed by atoms with Crippen LogP contribution in [0.4, 0.5) is 5.69 Å². The molecule has 96 valence electrons. The standard InChI is InChI=1S/C13H13ClINO2/c1-7-3-10(4-8(2)12(7)15)16-6-9(13(14)18)5-11(16)17/h3-4,9H,5-6H2,1-2H3. The third kappa shape index (κ3) is 2.54. The van der Waals surface area contributed by atoms with Crippen LogP contribution in [-0.2, 0) is 9.59 Å². The normalized spacial score (nSPS) is 19.4. The van der Waals surface area contributed by atoms with E-state index in [1.807, 2.05) is 26.0 Å². The van der Waals surface area contributed by atoms with Gasteiger partial charge in [0.1, 0.15) is 0 Å². The van der Waals surface area contributed by atoms with Crippen LogP contribution in [-0.4, -0.2) is 17.7 Å². The first kappa shape index (κ1) is 13.8. The van der Waals surface area contributed by atoms with Gasteiger partial charge in [0.05, 0.1) is 5.92 Å². The molecule has 3 nitrogen and oxygen atoms in total. The number of aryl methyl sites for hydroxylation is 2. The second-order valence-corrected chi connectivity index (χ2v) is 6.05. The number of halogens is 2. The molecule has 0 radical (unpaired) electrons. The van der Waals surface area contributed by atoms with E-state index in [4.69, 9.17) is 11.6 Å². The summed E-state index contributed by atoms with van der Waals surface area (Å²) in [6.07, 6.45) is 0.215. The lowest BCUT2D eigenvalue weighted by molar-refractivity contribution is -0.120. The van der Waals surface area contributed by atoms with Crippen molar-refractivity contribution in [1.82, 2.24) is 0 Å². The van der Waals surface area contributed by atoms with Gasteiger partial charge in [-0.2, -0.15) is 0 Å². The molecule has 1 fully saturated rings. The predicted octanol–water partition coefficient (Wildman–Crippen LogP) is 3.03. The van der Waals surface area contributed by atoms with Crippen LogP contribution in [0.5, 0.6) is 0 Å². The van der Waals surface area contributed by atoms with Gasteiger partial charge >= 0.3 is 0 Å². The van der Waals surface area contributed by atoms with Crippen molar-refractivity contribution in [2.24, 2.45) is 5.92 Å². The van der Waals surface area contributed by atoms with E-state index in [-0.39, 0.29) is 18.2 Å². The molecule has 0 N–H and O–H groups in total. The van der Waals surface area contributed by atoms with Crippen LogP contribution in [0, 0.1) is 23.3 Å². The average molecular weight is 378 g/mol. The van der Waals surface area contributed by atoms with Gasteiger partial charge in [0.25, 0.3) is 0 Å². The summed E-state index contributed by atoms with van der Waals surface area (Å²) in [6, 6.07) is 3.96. The molecule has 1 amide bonds. The minimum Gasteiger partial charge on any atom is -0.312 e. The summed E-state index contributed by atoms with van der Waals surface area (Å²) >= 11 is 7.76. The first-order chi connectivity index (χ1) is 8.40. The molecule has 1 atom stereocenters. The number of rotatable bonds is 2. The van der Waals surface area contributed by atoms with E-state index in [9.17, 15) is 9.59 Å². The van der Waals surface area contributed by atoms with Crippen molar-refractivity contribution < 1.29 is 9.59 Å². The van der Waals surface area contributed by atoms with Gasteiger partial charge in [0, 0.05) is 22.2 Å². The molecule has 1 aromatic rings. The van der Waals surface area contributed by atoms with Gasteiger partial charge in [-0.15, -0.1) is 0 Å². The summed E-state index contributed by atoms with van der Waals surface area (Å²) in [7, 11) is 0. The molecule has 1 aliphatic rings. The molecule has 0 saturated carbocycles. The van der Waals surface area contributed by atoms with Crippen LogP contribution in [0.2, 0.25) is 0 Å². The number of nitrogens with zero attached hydrogens (tertiary/aromatic N) is 1. The van der Waals surface area contributed by atoms with Crippen LogP contribution in [0.3, 0.4) is 0 Å². The summed E-state index contributed by atoms with van der Waals surface area (Å²) in [5.41, 5.74) is 3.13. The molecule has 1 aliphatic heterocycles. The fourth-order valence-corrected chi connectivity index (χ4v) is 2.65.